The largest absolute Gasteiger partial charge is 0.345 e. The highest BCUT2D eigenvalue weighted by Crippen LogP contribution is 2.18. The van der Waals surface area contributed by atoms with Crippen LogP contribution in [0.4, 0.5) is 11.9 Å². The smallest absolute Gasteiger partial charge is 0.241 e. The van der Waals surface area contributed by atoms with Crippen molar-refractivity contribution in [2.75, 3.05) is 42.9 Å². The van der Waals surface area contributed by atoms with E-state index in [1.165, 1.54) is 0 Å². The number of halogens is 1. The lowest BCUT2D eigenvalue weighted by atomic mass is 10.4. The number of nitrogens with one attached hydrogen (secondary N) is 1. The second-order valence-electron chi connectivity index (χ2n) is 4.84. The van der Waals surface area contributed by atoms with E-state index in [-0.39, 0.29) is 17.7 Å². The molecule has 0 spiro atoms. The van der Waals surface area contributed by atoms with Crippen LogP contribution in [0.2, 0.25) is 5.28 Å². The number of aromatic nitrogens is 3. The molecule has 0 aromatic carbocycles. The highest BCUT2D eigenvalue weighted by Gasteiger charge is 2.17. The van der Waals surface area contributed by atoms with Crippen LogP contribution in [0.15, 0.2) is 0 Å². The summed E-state index contributed by atoms with van der Waals surface area (Å²) in [6.45, 7) is 7.29. The zero-order valence-electron chi connectivity index (χ0n) is 12.5. The normalized spacial score (nSPS) is 14.3. The van der Waals surface area contributed by atoms with Crippen LogP contribution < -0.4 is 10.2 Å². The summed E-state index contributed by atoms with van der Waals surface area (Å²) in [7, 11) is 0. The number of likely N-dealkylation sites (N-methyl/N-ethyl adjacent to an activating group) is 1. The van der Waals surface area contributed by atoms with Gasteiger partial charge in [0.25, 0.3) is 0 Å². The number of amides is 1. The summed E-state index contributed by atoms with van der Waals surface area (Å²) in [5, 5.41) is 3.08. The van der Waals surface area contributed by atoms with Crippen LogP contribution in [-0.2, 0) is 4.79 Å². The van der Waals surface area contributed by atoms with Crippen LogP contribution in [0, 0.1) is 0 Å². The lowest BCUT2D eigenvalue weighted by Gasteiger charge is -2.19. The highest BCUT2D eigenvalue weighted by atomic mass is 35.5. The van der Waals surface area contributed by atoms with Gasteiger partial charge in [-0.05, 0) is 38.3 Å². The van der Waals surface area contributed by atoms with Gasteiger partial charge >= 0.3 is 0 Å². The molecule has 2 rings (SSSR count). The van der Waals surface area contributed by atoms with Crippen molar-refractivity contribution in [1.29, 1.82) is 0 Å². The Morgan fingerprint density at radius 3 is 2.52 bits per heavy atom. The van der Waals surface area contributed by atoms with Gasteiger partial charge < -0.3 is 15.1 Å². The summed E-state index contributed by atoms with van der Waals surface area (Å²) in [6, 6.07) is 0. The number of rotatable bonds is 6. The van der Waals surface area contributed by atoms with Gasteiger partial charge in [-0.1, -0.05) is 0 Å². The molecule has 0 saturated carbocycles. The van der Waals surface area contributed by atoms with E-state index in [0.29, 0.717) is 25.0 Å². The van der Waals surface area contributed by atoms with Crippen LogP contribution in [0.1, 0.15) is 26.7 Å². The predicted molar refractivity (Wildman–Crippen MR) is 82.7 cm³/mol. The third-order valence-corrected chi connectivity index (χ3v) is 3.67. The molecule has 1 aliphatic heterocycles. The molecule has 2 heterocycles. The van der Waals surface area contributed by atoms with Gasteiger partial charge in [-0.15, -0.1) is 0 Å². The third-order valence-electron chi connectivity index (χ3n) is 3.50. The van der Waals surface area contributed by atoms with Crippen molar-refractivity contribution in [1.82, 2.24) is 19.9 Å². The molecule has 116 valence electrons. The fourth-order valence-corrected chi connectivity index (χ4v) is 2.48. The van der Waals surface area contributed by atoms with E-state index in [4.69, 9.17) is 11.6 Å². The predicted octanol–water partition coefficient (Wildman–Crippen LogP) is 1.41. The lowest BCUT2D eigenvalue weighted by Crippen LogP contribution is -2.35. The number of nitrogens with zero attached hydrogens (tertiary/aromatic N) is 5. The first-order valence-electron chi connectivity index (χ1n) is 7.32. The molecule has 1 saturated heterocycles. The summed E-state index contributed by atoms with van der Waals surface area (Å²) in [5.41, 5.74) is 0. The molecular formula is C13H21ClN6O. The molecule has 8 heteroatoms. The Bertz CT molecular complexity index is 488. The van der Waals surface area contributed by atoms with E-state index in [0.717, 1.165) is 25.9 Å². The molecule has 1 amide bonds. The molecule has 0 bridgehead atoms. The van der Waals surface area contributed by atoms with Gasteiger partial charge in [0.15, 0.2) is 0 Å². The summed E-state index contributed by atoms with van der Waals surface area (Å²) < 4.78 is 0. The van der Waals surface area contributed by atoms with E-state index >= 15 is 0 Å². The number of hydrogen-bond acceptors (Lipinski definition) is 6. The second-order valence-corrected chi connectivity index (χ2v) is 5.18. The molecular weight excluding hydrogens is 292 g/mol. The SMILES string of the molecule is CCN(CC)C(=O)CNc1nc(Cl)nc(N2CCCC2)n1. The highest BCUT2D eigenvalue weighted by molar-refractivity contribution is 6.28. The fourth-order valence-electron chi connectivity index (χ4n) is 2.32. The monoisotopic (exact) mass is 312 g/mol. The minimum Gasteiger partial charge on any atom is -0.345 e. The standard InChI is InChI=1S/C13H21ClN6O/c1-3-19(4-2)10(21)9-15-12-16-11(14)17-13(18-12)20-7-5-6-8-20/h3-9H2,1-2H3,(H,15,16,17,18). The zero-order valence-corrected chi connectivity index (χ0v) is 13.2. The molecule has 1 aromatic heterocycles. The molecule has 1 aromatic rings. The number of anilines is 2. The molecule has 1 N–H and O–H groups in total. The fraction of sp³-hybridized carbons (Fsp3) is 0.692. The summed E-state index contributed by atoms with van der Waals surface area (Å²) >= 11 is 5.94. The van der Waals surface area contributed by atoms with Crippen LogP contribution in [0.3, 0.4) is 0 Å². The topological polar surface area (TPSA) is 74.2 Å². The number of carbonyl (C=O) groups excluding carboxylic acids is 1. The van der Waals surface area contributed by atoms with Gasteiger partial charge in [0, 0.05) is 26.2 Å². The maximum Gasteiger partial charge on any atom is 0.241 e. The molecule has 0 atom stereocenters. The Morgan fingerprint density at radius 1 is 1.24 bits per heavy atom. The molecule has 0 radical (unpaired) electrons. The number of carbonyl (C=O) groups is 1. The first-order valence-corrected chi connectivity index (χ1v) is 7.70. The third kappa shape index (κ3) is 4.17. The van der Waals surface area contributed by atoms with E-state index in [2.05, 4.69) is 25.2 Å². The first kappa shape index (κ1) is 15.8. The Kier molecular flexibility index (Phi) is 5.55. The van der Waals surface area contributed by atoms with E-state index in [1.807, 2.05) is 13.8 Å². The van der Waals surface area contributed by atoms with Crippen molar-refractivity contribution in [3.05, 3.63) is 5.28 Å². The van der Waals surface area contributed by atoms with Gasteiger partial charge in [0.1, 0.15) is 0 Å². The molecule has 7 nitrogen and oxygen atoms in total. The van der Waals surface area contributed by atoms with E-state index in [1.54, 1.807) is 4.90 Å². The summed E-state index contributed by atoms with van der Waals surface area (Å²) in [5.74, 6) is 0.932. The molecule has 0 unspecified atom stereocenters. The van der Waals surface area contributed by atoms with Crippen LogP contribution in [-0.4, -0.2) is 58.5 Å². The van der Waals surface area contributed by atoms with Crippen LogP contribution in [0.25, 0.3) is 0 Å². The molecule has 1 aliphatic rings. The number of hydrogen-bond donors (Lipinski definition) is 1. The van der Waals surface area contributed by atoms with Gasteiger partial charge in [-0.3, -0.25) is 4.79 Å². The van der Waals surface area contributed by atoms with E-state index in [9.17, 15) is 4.79 Å². The Balaban J connectivity index is 2.01. The molecule has 0 aliphatic carbocycles. The summed E-state index contributed by atoms with van der Waals surface area (Å²) in [6.07, 6.45) is 2.26. The molecule has 1 fully saturated rings. The Hall–Kier alpha value is -1.63. The lowest BCUT2D eigenvalue weighted by molar-refractivity contribution is -0.128. The second kappa shape index (κ2) is 7.40. The Morgan fingerprint density at radius 2 is 1.90 bits per heavy atom. The van der Waals surface area contributed by atoms with Gasteiger partial charge in [-0.25, -0.2) is 0 Å². The van der Waals surface area contributed by atoms with Crippen molar-refractivity contribution in [3.8, 4) is 0 Å². The van der Waals surface area contributed by atoms with Crippen molar-refractivity contribution in [2.45, 2.75) is 26.7 Å². The van der Waals surface area contributed by atoms with Gasteiger partial charge in [0.05, 0.1) is 6.54 Å². The Labute approximate surface area is 129 Å². The quantitative estimate of drug-likeness (QED) is 0.856. The van der Waals surface area contributed by atoms with Crippen LogP contribution >= 0.6 is 11.6 Å². The average Bonchev–Trinajstić information content (AvgIpc) is 3.00. The molecule has 21 heavy (non-hydrogen) atoms. The average molecular weight is 313 g/mol. The zero-order chi connectivity index (χ0) is 15.2. The van der Waals surface area contributed by atoms with Crippen molar-refractivity contribution in [3.63, 3.8) is 0 Å². The van der Waals surface area contributed by atoms with Crippen molar-refractivity contribution >= 4 is 29.4 Å². The van der Waals surface area contributed by atoms with Gasteiger partial charge in [-0.2, -0.15) is 15.0 Å². The minimum atomic E-state index is 0.0132. The van der Waals surface area contributed by atoms with Crippen molar-refractivity contribution < 1.29 is 4.79 Å². The minimum absolute atomic E-state index is 0.0132. The first-order chi connectivity index (χ1) is 10.1. The maximum absolute atomic E-state index is 12.0. The maximum atomic E-state index is 12.0. The van der Waals surface area contributed by atoms with Gasteiger partial charge in [0.2, 0.25) is 23.1 Å². The summed E-state index contributed by atoms with van der Waals surface area (Å²) in [4.78, 5) is 28.3. The van der Waals surface area contributed by atoms with Crippen LogP contribution in [0.5, 0.6) is 0 Å². The van der Waals surface area contributed by atoms with E-state index < -0.39 is 0 Å². The van der Waals surface area contributed by atoms with Crippen molar-refractivity contribution in [2.24, 2.45) is 0 Å².